The van der Waals surface area contributed by atoms with Crippen LogP contribution in [-0.4, -0.2) is 29.3 Å². The number of aliphatic hydroxyl groups excluding tert-OH is 1. The molecule has 1 aliphatic heterocycles. The summed E-state index contributed by atoms with van der Waals surface area (Å²) in [6.07, 6.45) is 1.02. The Hall–Kier alpha value is -1.95. The summed E-state index contributed by atoms with van der Waals surface area (Å²) < 4.78 is 4.98. The molecule has 1 fully saturated rings. The number of nitrogen functional groups attached to an aromatic ring is 1. The van der Waals surface area contributed by atoms with E-state index in [0.717, 1.165) is 18.7 Å². The number of oxazole rings is 1. The van der Waals surface area contributed by atoms with Crippen molar-refractivity contribution in [1.29, 1.82) is 0 Å². The molecule has 2 atom stereocenters. The third kappa shape index (κ3) is 1.88. The van der Waals surface area contributed by atoms with Crippen LogP contribution in [-0.2, 0) is 0 Å². The number of anilines is 2. The second kappa shape index (κ2) is 4.31. The number of nitrogens with one attached hydrogen (secondary N) is 1. The highest BCUT2D eigenvalue weighted by Gasteiger charge is 2.31. The van der Waals surface area contributed by atoms with Gasteiger partial charge >= 0.3 is 5.76 Å². The summed E-state index contributed by atoms with van der Waals surface area (Å²) >= 11 is 0. The zero-order valence-electron chi connectivity index (χ0n) is 10.7. The number of nitrogens with zero attached hydrogens (tertiary/aromatic N) is 1. The van der Waals surface area contributed by atoms with Crippen LogP contribution in [0, 0.1) is 5.92 Å². The Morgan fingerprint density at radius 2 is 2.37 bits per heavy atom. The van der Waals surface area contributed by atoms with Crippen LogP contribution in [0.2, 0.25) is 0 Å². The van der Waals surface area contributed by atoms with E-state index in [9.17, 15) is 9.90 Å². The van der Waals surface area contributed by atoms with Crippen LogP contribution in [0.1, 0.15) is 13.3 Å². The minimum absolute atomic E-state index is 0.0679. The summed E-state index contributed by atoms with van der Waals surface area (Å²) in [5, 5.41) is 9.52. The average molecular weight is 263 g/mol. The number of hydrogen-bond acceptors (Lipinski definition) is 5. The van der Waals surface area contributed by atoms with Crippen LogP contribution < -0.4 is 16.4 Å². The fourth-order valence-corrected chi connectivity index (χ4v) is 2.84. The molecule has 2 aromatic rings. The molecule has 1 aromatic heterocycles. The lowest BCUT2D eigenvalue weighted by Crippen LogP contribution is -2.35. The second-order valence-corrected chi connectivity index (χ2v) is 5.13. The quantitative estimate of drug-likeness (QED) is 0.700. The van der Waals surface area contributed by atoms with Crippen molar-refractivity contribution in [1.82, 2.24) is 4.98 Å². The van der Waals surface area contributed by atoms with Gasteiger partial charge in [0.1, 0.15) is 0 Å². The highest BCUT2D eigenvalue weighted by molar-refractivity contribution is 5.85. The molecule has 1 saturated heterocycles. The van der Waals surface area contributed by atoms with E-state index < -0.39 is 5.76 Å². The number of H-pyrrole nitrogens is 1. The molecule has 0 radical (unpaired) electrons. The Kier molecular flexibility index (Phi) is 2.74. The Labute approximate surface area is 109 Å². The van der Waals surface area contributed by atoms with Crippen LogP contribution in [0.5, 0.6) is 0 Å². The van der Waals surface area contributed by atoms with Gasteiger partial charge < -0.3 is 20.2 Å². The average Bonchev–Trinajstić information content (AvgIpc) is 2.89. The number of rotatable bonds is 2. The van der Waals surface area contributed by atoms with Crippen molar-refractivity contribution >= 4 is 22.5 Å². The van der Waals surface area contributed by atoms with Gasteiger partial charge in [0.15, 0.2) is 5.58 Å². The molecule has 0 saturated carbocycles. The predicted octanol–water partition coefficient (Wildman–Crippen LogP) is 0.910. The van der Waals surface area contributed by atoms with Crippen LogP contribution >= 0.6 is 0 Å². The number of fused-ring (bicyclic) bond motifs is 1. The largest absolute Gasteiger partial charge is 0.417 e. The third-order valence-electron chi connectivity index (χ3n) is 3.95. The molecule has 1 aliphatic rings. The highest BCUT2D eigenvalue weighted by atomic mass is 16.4. The van der Waals surface area contributed by atoms with Crippen molar-refractivity contribution in [2.75, 3.05) is 23.8 Å². The maximum absolute atomic E-state index is 11.2. The van der Waals surface area contributed by atoms with Crippen molar-refractivity contribution in [3.63, 3.8) is 0 Å². The Morgan fingerprint density at radius 1 is 1.58 bits per heavy atom. The first kappa shape index (κ1) is 12.1. The van der Waals surface area contributed by atoms with E-state index in [0.29, 0.717) is 22.7 Å². The normalized spacial score (nSPS) is 23.4. The van der Waals surface area contributed by atoms with E-state index in [4.69, 9.17) is 10.2 Å². The molecule has 2 unspecified atom stereocenters. The standard InChI is InChI=1S/C13H17N3O3/c1-7-2-3-16(11(7)6-17)10-5-9-12(4-8(10)14)19-13(18)15-9/h4-5,7,11,17H,2-3,6,14H2,1H3,(H,15,18). The van der Waals surface area contributed by atoms with E-state index in [1.165, 1.54) is 0 Å². The monoisotopic (exact) mass is 263 g/mol. The molecular formula is C13H17N3O3. The third-order valence-corrected chi connectivity index (χ3v) is 3.95. The number of aromatic amines is 1. The van der Waals surface area contributed by atoms with Gasteiger partial charge in [-0.05, 0) is 18.4 Å². The summed E-state index contributed by atoms with van der Waals surface area (Å²) in [4.78, 5) is 15.9. The van der Waals surface area contributed by atoms with Gasteiger partial charge in [0.25, 0.3) is 0 Å². The van der Waals surface area contributed by atoms with Crippen LogP contribution in [0.3, 0.4) is 0 Å². The summed E-state index contributed by atoms with van der Waals surface area (Å²) in [5.41, 5.74) is 8.53. The van der Waals surface area contributed by atoms with Gasteiger partial charge in [0, 0.05) is 12.6 Å². The van der Waals surface area contributed by atoms with Crippen LogP contribution in [0.25, 0.3) is 11.1 Å². The number of aromatic nitrogens is 1. The first-order valence-electron chi connectivity index (χ1n) is 6.40. The Morgan fingerprint density at radius 3 is 3.11 bits per heavy atom. The van der Waals surface area contributed by atoms with Crippen molar-refractivity contribution in [2.45, 2.75) is 19.4 Å². The highest BCUT2D eigenvalue weighted by Crippen LogP contribution is 2.35. The van der Waals surface area contributed by atoms with Gasteiger partial charge in [-0.25, -0.2) is 4.79 Å². The summed E-state index contributed by atoms with van der Waals surface area (Å²) in [5.74, 6) is -0.0662. The fourth-order valence-electron chi connectivity index (χ4n) is 2.84. The van der Waals surface area contributed by atoms with Gasteiger partial charge in [-0.3, -0.25) is 4.98 Å². The van der Waals surface area contributed by atoms with E-state index in [1.54, 1.807) is 6.07 Å². The fraction of sp³-hybridized carbons (Fsp3) is 0.462. The zero-order valence-corrected chi connectivity index (χ0v) is 10.7. The first-order valence-corrected chi connectivity index (χ1v) is 6.40. The molecule has 3 rings (SSSR count). The molecule has 19 heavy (non-hydrogen) atoms. The molecule has 6 nitrogen and oxygen atoms in total. The lowest BCUT2D eigenvalue weighted by atomic mass is 10.0. The van der Waals surface area contributed by atoms with Gasteiger partial charge in [0.2, 0.25) is 0 Å². The molecule has 0 spiro atoms. The van der Waals surface area contributed by atoms with Crippen molar-refractivity contribution in [3.8, 4) is 0 Å². The topological polar surface area (TPSA) is 95.5 Å². The van der Waals surface area contributed by atoms with Gasteiger partial charge in [-0.15, -0.1) is 0 Å². The lowest BCUT2D eigenvalue weighted by molar-refractivity contribution is 0.245. The summed E-state index contributed by atoms with van der Waals surface area (Å²) in [6.45, 7) is 3.07. The van der Waals surface area contributed by atoms with Crippen LogP contribution in [0.15, 0.2) is 21.3 Å². The summed E-state index contributed by atoms with van der Waals surface area (Å²) in [7, 11) is 0. The lowest BCUT2D eigenvalue weighted by Gasteiger charge is -2.28. The van der Waals surface area contributed by atoms with E-state index in [2.05, 4.69) is 16.8 Å². The Bertz CT molecular complexity index is 661. The minimum Gasteiger partial charge on any atom is -0.408 e. The van der Waals surface area contributed by atoms with Crippen molar-refractivity contribution in [2.24, 2.45) is 5.92 Å². The van der Waals surface area contributed by atoms with E-state index in [1.807, 2.05) is 6.07 Å². The van der Waals surface area contributed by atoms with Crippen molar-refractivity contribution < 1.29 is 9.52 Å². The number of benzene rings is 1. The SMILES string of the molecule is CC1CCN(c2cc3[nH]c(=O)oc3cc2N)C1CO. The molecule has 1 aromatic carbocycles. The van der Waals surface area contributed by atoms with Crippen LogP contribution in [0.4, 0.5) is 11.4 Å². The van der Waals surface area contributed by atoms with Gasteiger partial charge in [-0.1, -0.05) is 6.92 Å². The Balaban J connectivity index is 2.09. The molecular weight excluding hydrogens is 246 g/mol. The number of nitrogens with two attached hydrogens (primary N) is 1. The number of aliphatic hydroxyl groups is 1. The molecule has 0 amide bonds. The smallest absolute Gasteiger partial charge is 0.408 e. The first-order chi connectivity index (χ1) is 9.10. The van der Waals surface area contributed by atoms with Crippen molar-refractivity contribution in [3.05, 3.63) is 22.7 Å². The van der Waals surface area contributed by atoms with Gasteiger partial charge in [0.05, 0.1) is 29.5 Å². The molecule has 0 aliphatic carbocycles. The maximum Gasteiger partial charge on any atom is 0.417 e. The summed E-state index contributed by atoms with van der Waals surface area (Å²) in [6, 6.07) is 3.54. The molecule has 2 heterocycles. The second-order valence-electron chi connectivity index (χ2n) is 5.13. The maximum atomic E-state index is 11.2. The zero-order chi connectivity index (χ0) is 13.6. The van der Waals surface area contributed by atoms with E-state index in [-0.39, 0.29) is 12.6 Å². The van der Waals surface area contributed by atoms with E-state index >= 15 is 0 Å². The minimum atomic E-state index is -0.486. The predicted molar refractivity (Wildman–Crippen MR) is 73.2 cm³/mol. The molecule has 6 heteroatoms. The molecule has 4 N–H and O–H groups in total. The van der Waals surface area contributed by atoms with Gasteiger partial charge in [-0.2, -0.15) is 0 Å². The molecule has 102 valence electrons. The molecule has 0 bridgehead atoms. The number of hydrogen-bond donors (Lipinski definition) is 3.